The molecule has 8 nitrogen and oxygen atoms in total. The summed E-state index contributed by atoms with van der Waals surface area (Å²) in [6, 6.07) is 12.8. The van der Waals surface area contributed by atoms with Gasteiger partial charge in [-0.2, -0.15) is 5.10 Å². The molecule has 0 saturated heterocycles. The van der Waals surface area contributed by atoms with Crippen LogP contribution in [0.3, 0.4) is 0 Å². The van der Waals surface area contributed by atoms with Crippen molar-refractivity contribution in [2.24, 2.45) is 7.05 Å². The fourth-order valence-electron chi connectivity index (χ4n) is 3.54. The van der Waals surface area contributed by atoms with Crippen LogP contribution < -0.4 is 9.47 Å². The highest BCUT2D eigenvalue weighted by Crippen LogP contribution is 2.32. The summed E-state index contributed by atoms with van der Waals surface area (Å²) in [5, 5.41) is 4.18. The molecule has 0 spiro atoms. The predicted octanol–water partition coefficient (Wildman–Crippen LogP) is 3.70. The minimum absolute atomic E-state index is 0.0774. The molecular formula is C24H21N5O3. The molecule has 0 N–H and O–H groups in total. The Bertz CT molecular complexity index is 1260. The molecule has 5 rings (SSSR count). The van der Waals surface area contributed by atoms with E-state index in [4.69, 9.17) is 9.47 Å². The first kappa shape index (κ1) is 19.7. The molecular weight excluding hydrogens is 406 g/mol. The molecule has 8 heteroatoms. The summed E-state index contributed by atoms with van der Waals surface area (Å²) in [6.07, 6.45) is 9.58. The summed E-state index contributed by atoms with van der Waals surface area (Å²) in [6.45, 7) is 0.777. The third kappa shape index (κ3) is 4.15. The third-order valence-electron chi connectivity index (χ3n) is 5.21. The van der Waals surface area contributed by atoms with Crippen LogP contribution in [0.5, 0.6) is 17.2 Å². The monoisotopic (exact) mass is 427 g/mol. The smallest absolute Gasteiger partial charge is 0.260 e. The molecule has 0 atom stereocenters. The predicted molar refractivity (Wildman–Crippen MR) is 117 cm³/mol. The third-order valence-corrected chi connectivity index (χ3v) is 5.21. The second-order valence-corrected chi connectivity index (χ2v) is 7.49. The normalized spacial score (nSPS) is 12.9. The van der Waals surface area contributed by atoms with E-state index in [0.717, 1.165) is 16.8 Å². The topological polar surface area (TPSA) is 82.4 Å². The van der Waals surface area contributed by atoms with E-state index in [1.54, 1.807) is 52.4 Å². The van der Waals surface area contributed by atoms with Crippen LogP contribution in [-0.4, -0.2) is 43.8 Å². The maximum Gasteiger partial charge on any atom is 0.260 e. The molecule has 0 saturated carbocycles. The highest BCUT2D eigenvalue weighted by Gasteiger charge is 2.26. The highest BCUT2D eigenvalue weighted by molar-refractivity contribution is 5.98. The number of carbonyl (C=O) groups is 1. The van der Waals surface area contributed by atoms with Crippen molar-refractivity contribution < 1.29 is 14.3 Å². The zero-order chi connectivity index (χ0) is 21.9. The van der Waals surface area contributed by atoms with Gasteiger partial charge in [0.2, 0.25) is 0 Å². The number of hydrogen-bond donors (Lipinski definition) is 0. The first-order valence-corrected chi connectivity index (χ1v) is 10.2. The zero-order valence-corrected chi connectivity index (χ0v) is 17.5. The summed E-state index contributed by atoms with van der Waals surface area (Å²) in [4.78, 5) is 23.2. The Morgan fingerprint density at radius 3 is 2.81 bits per heavy atom. The van der Waals surface area contributed by atoms with Crippen molar-refractivity contribution in [3.63, 3.8) is 0 Å². The Morgan fingerprint density at radius 2 is 2.00 bits per heavy atom. The Hall–Kier alpha value is -4.20. The Morgan fingerprint density at radius 1 is 1.09 bits per heavy atom. The van der Waals surface area contributed by atoms with Crippen molar-refractivity contribution in [3.05, 3.63) is 84.6 Å². The molecule has 0 fully saturated rings. The number of hydrogen-bond acceptors (Lipinski definition) is 6. The van der Waals surface area contributed by atoms with Gasteiger partial charge in [0.05, 0.1) is 17.5 Å². The number of nitrogens with zero attached hydrogens (tertiary/aromatic N) is 5. The van der Waals surface area contributed by atoms with Crippen LogP contribution in [0.2, 0.25) is 0 Å². The van der Waals surface area contributed by atoms with Gasteiger partial charge in [-0.25, -0.2) is 0 Å². The van der Waals surface area contributed by atoms with Gasteiger partial charge >= 0.3 is 0 Å². The van der Waals surface area contributed by atoms with Gasteiger partial charge in [-0.3, -0.25) is 19.4 Å². The number of amides is 1. The quantitative estimate of drug-likeness (QED) is 0.467. The van der Waals surface area contributed by atoms with E-state index < -0.39 is 0 Å². The molecule has 1 aliphatic heterocycles. The lowest BCUT2D eigenvalue weighted by molar-refractivity contribution is 0.0524. The summed E-state index contributed by atoms with van der Waals surface area (Å²) in [7, 11) is 1.86. The van der Waals surface area contributed by atoms with Crippen molar-refractivity contribution in [3.8, 4) is 28.5 Å². The van der Waals surface area contributed by atoms with Crippen LogP contribution in [0.4, 0.5) is 0 Å². The van der Waals surface area contributed by atoms with Crippen molar-refractivity contribution in [2.75, 3.05) is 13.3 Å². The lowest BCUT2D eigenvalue weighted by atomic mass is 10.1. The fourth-order valence-corrected chi connectivity index (χ4v) is 3.54. The second kappa shape index (κ2) is 8.50. The number of benzene rings is 1. The van der Waals surface area contributed by atoms with Crippen molar-refractivity contribution in [1.82, 2.24) is 24.6 Å². The maximum atomic E-state index is 13.0. The van der Waals surface area contributed by atoms with E-state index in [1.807, 2.05) is 37.6 Å². The van der Waals surface area contributed by atoms with Gasteiger partial charge in [-0.1, -0.05) is 6.07 Å². The lowest BCUT2D eigenvalue weighted by Gasteiger charge is -2.29. The molecule has 0 aliphatic carbocycles. The molecule has 32 heavy (non-hydrogen) atoms. The molecule has 3 aromatic heterocycles. The van der Waals surface area contributed by atoms with Crippen molar-refractivity contribution >= 4 is 5.91 Å². The largest absolute Gasteiger partial charge is 0.472 e. The van der Waals surface area contributed by atoms with E-state index in [1.165, 1.54) is 0 Å². The van der Waals surface area contributed by atoms with Crippen LogP contribution in [0.1, 0.15) is 15.9 Å². The van der Waals surface area contributed by atoms with E-state index in [9.17, 15) is 4.79 Å². The summed E-state index contributed by atoms with van der Waals surface area (Å²) >= 11 is 0. The summed E-state index contributed by atoms with van der Waals surface area (Å²) < 4.78 is 13.5. The average molecular weight is 427 g/mol. The number of aromatic nitrogens is 4. The second-order valence-electron chi connectivity index (χ2n) is 7.49. The van der Waals surface area contributed by atoms with E-state index in [0.29, 0.717) is 35.8 Å². The first-order valence-electron chi connectivity index (χ1n) is 10.2. The summed E-state index contributed by atoms with van der Waals surface area (Å²) in [5.41, 5.74) is 3.22. The fraction of sp³-hybridized carbons (Fsp3) is 0.167. The van der Waals surface area contributed by atoms with Crippen LogP contribution in [0.25, 0.3) is 11.3 Å². The minimum atomic E-state index is -0.0774. The Labute approximate surface area is 185 Å². The number of aryl methyl sites for hydroxylation is 1. The molecule has 160 valence electrons. The SMILES string of the molecule is Cn1cc(-c2cc(Oc3ccc4c(c3)C(=O)N(CCc3cccnc3)CO4)ccn2)cn1. The van der Waals surface area contributed by atoms with Gasteiger partial charge in [0.15, 0.2) is 6.73 Å². The maximum absolute atomic E-state index is 13.0. The molecule has 4 heterocycles. The van der Waals surface area contributed by atoms with Crippen molar-refractivity contribution in [1.29, 1.82) is 0 Å². The number of ether oxygens (including phenoxy) is 2. The molecule has 0 unspecified atom stereocenters. The van der Waals surface area contributed by atoms with E-state index >= 15 is 0 Å². The van der Waals surface area contributed by atoms with E-state index in [2.05, 4.69) is 15.1 Å². The van der Waals surface area contributed by atoms with Gasteiger partial charge in [-0.05, 0) is 42.3 Å². The van der Waals surface area contributed by atoms with Gasteiger partial charge in [-0.15, -0.1) is 0 Å². The van der Waals surface area contributed by atoms with Crippen LogP contribution in [0.15, 0.2) is 73.4 Å². The molecule has 0 radical (unpaired) electrons. The van der Waals surface area contributed by atoms with Gasteiger partial charge in [0.1, 0.15) is 17.2 Å². The number of rotatable bonds is 6. The molecule has 1 aliphatic rings. The van der Waals surface area contributed by atoms with Crippen LogP contribution >= 0.6 is 0 Å². The number of pyridine rings is 2. The first-order chi connectivity index (χ1) is 15.7. The molecule has 4 aromatic rings. The molecule has 1 amide bonds. The minimum Gasteiger partial charge on any atom is -0.472 e. The van der Waals surface area contributed by atoms with Gasteiger partial charge in [0, 0.05) is 50.0 Å². The van der Waals surface area contributed by atoms with Gasteiger partial charge < -0.3 is 14.4 Å². The van der Waals surface area contributed by atoms with Crippen LogP contribution in [-0.2, 0) is 13.5 Å². The van der Waals surface area contributed by atoms with Crippen LogP contribution in [0, 0.1) is 0 Å². The Kier molecular flexibility index (Phi) is 5.25. The summed E-state index contributed by atoms with van der Waals surface area (Å²) in [5.74, 6) is 1.66. The molecule has 1 aromatic carbocycles. The average Bonchev–Trinajstić information content (AvgIpc) is 3.26. The van der Waals surface area contributed by atoms with Crippen molar-refractivity contribution in [2.45, 2.75) is 6.42 Å². The highest BCUT2D eigenvalue weighted by atomic mass is 16.5. The zero-order valence-electron chi connectivity index (χ0n) is 17.5. The number of fused-ring (bicyclic) bond motifs is 1. The van der Waals surface area contributed by atoms with Gasteiger partial charge in [0.25, 0.3) is 5.91 Å². The standard InChI is InChI=1S/C24H21N5O3/c1-28-15-18(14-27-28)22-12-20(6-9-26-22)32-19-4-5-23-21(11-19)24(30)29(16-31-23)10-7-17-3-2-8-25-13-17/h2-6,8-9,11-15H,7,10,16H2,1H3. The lowest BCUT2D eigenvalue weighted by Crippen LogP contribution is -2.39. The Balaban J connectivity index is 1.32. The molecule has 0 bridgehead atoms. The van der Waals surface area contributed by atoms with E-state index in [-0.39, 0.29) is 12.6 Å². The number of carbonyl (C=O) groups excluding carboxylic acids is 1.